The Morgan fingerprint density at radius 2 is 2.31 bits per heavy atom. The van der Waals surface area contributed by atoms with Gasteiger partial charge in [0.25, 0.3) is 5.56 Å². The highest BCUT2D eigenvalue weighted by Crippen LogP contribution is 1.98. The number of aliphatic carboxylic acids is 1. The molecule has 0 bridgehead atoms. The van der Waals surface area contributed by atoms with Gasteiger partial charge in [-0.3, -0.25) is 9.59 Å². The van der Waals surface area contributed by atoms with Gasteiger partial charge in [0.05, 0.1) is 0 Å². The standard InChI is InChI=1S/C10H15N3O3/c1-7(2)6-13-4-3-11-9(10(13)16)12-5-8(14)15/h3-4,7H,5-6H2,1-2H3,(H,11,12)(H,14,15). The van der Waals surface area contributed by atoms with E-state index in [0.29, 0.717) is 12.5 Å². The molecule has 0 spiro atoms. The molecule has 0 atom stereocenters. The first-order valence-electron chi connectivity index (χ1n) is 5.02. The summed E-state index contributed by atoms with van der Waals surface area (Å²) in [5.41, 5.74) is -0.294. The molecule has 0 aliphatic rings. The Morgan fingerprint density at radius 3 is 2.88 bits per heavy atom. The molecule has 0 aromatic carbocycles. The molecule has 0 unspecified atom stereocenters. The summed E-state index contributed by atoms with van der Waals surface area (Å²) in [6, 6.07) is 0. The van der Waals surface area contributed by atoms with Crippen molar-refractivity contribution in [1.29, 1.82) is 0 Å². The maximum Gasteiger partial charge on any atom is 0.322 e. The number of nitrogens with one attached hydrogen (secondary N) is 1. The second kappa shape index (κ2) is 5.29. The Bertz CT molecular complexity index is 426. The zero-order valence-electron chi connectivity index (χ0n) is 9.30. The van der Waals surface area contributed by atoms with Crippen molar-refractivity contribution in [3.63, 3.8) is 0 Å². The predicted octanol–water partition coefficient (Wildman–Crippen LogP) is 0.396. The van der Waals surface area contributed by atoms with Crippen molar-refractivity contribution in [3.05, 3.63) is 22.7 Å². The third-order valence-electron chi connectivity index (χ3n) is 1.88. The quantitative estimate of drug-likeness (QED) is 0.757. The number of hydrogen-bond acceptors (Lipinski definition) is 4. The first kappa shape index (κ1) is 12.2. The molecule has 1 heterocycles. The molecule has 1 aromatic rings. The molecule has 0 aliphatic heterocycles. The van der Waals surface area contributed by atoms with Gasteiger partial charge in [-0.05, 0) is 5.92 Å². The molecular weight excluding hydrogens is 210 g/mol. The molecule has 0 aliphatic carbocycles. The predicted molar refractivity (Wildman–Crippen MR) is 59.5 cm³/mol. The van der Waals surface area contributed by atoms with Gasteiger partial charge >= 0.3 is 5.97 Å². The Morgan fingerprint density at radius 1 is 1.62 bits per heavy atom. The number of carboxylic acids is 1. The van der Waals surface area contributed by atoms with Crippen LogP contribution in [0.5, 0.6) is 0 Å². The smallest absolute Gasteiger partial charge is 0.322 e. The summed E-state index contributed by atoms with van der Waals surface area (Å²) in [4.78, 5) is 25.9. The minimum Gasteiger partial charge on any atom is -0.480 e. The summed E-state index contributed by atoms with van der Waals surface area (Å²) in [6.07, 6.45) is 3.07. The third-order valence-corrected chi connectivity index (χ3v) is 1.88. The molecule has 0 amide bonds. The molecule has 1 rings (SSSR count). The van der Waals surface area contributed by atoms with E-state index in [4.69, 9.17) is 5.11 Å². The highest BCUT2D eigenvalue weighted by molar-refractivity contribution is 5.72. The van der Waals surface area contributed by atoms with Crippen LogP contribution in [0.1, 0.15) is 13.8 Å². The van der Waals surface area contributed by atoms with E-state index < -0.39 is 5.97 Å². The lowest BCUT2D eigenvalue weighted by Gasteiger charge is -2.09. The summed E-state index contributed by atoms with van der Waals surface area (Å²) >= 11 is 0. The number of hydrogen-bond donors (Lipinski definition) is 2. The van der Waals surface area contributed by atoms with Gasteiger partial charge in [0, 0.05) is 18.9 Å². The molecule has 88 valence electrons. The molecular formula is C10H15N3O3. The van der Waals surface area contributed by atoms with Crippen molar-refractivity contribution in [2.45, 2.75) is 20.4 Å². The van der Waals surface area contributed by atoms with Crippen molar-refractivity contribution in [1.82, 2.24) is 9.55 Å². The fourth-order valence-electron chi connectivity index (χ4n) is 1.27. The van der Waals surface area contributed by atoms with E-state index in [1.807, 2.05) is 13.8 Å². The van der Waals surface area contributed by atoms with Crippen LogP contribution in [0.15, 0.2) is 17.2 Å². The largest absolute Gasteiger partial charge is 0.480 e. The lowest BCUT2D eigenvalue weighted by atomic mass is 10.2. The Kier molecular flexibility index (Phi) is 4.04. The zero-order chi connectivity index (χ0) is 12.1. The van der Waals surface area contributed by atoms with Gasteiger partial charge in [-0.25, -0.2) is 4.98 Å². The van der Waals surface area contributed by atoms with E-state index in [1.54, 1.807) is 6.20 Å². The topological polar surface area (TPSA) is 84.2 Å². The van der Waals surface area contributed by atoms with Crippen LogP contribution in [-0.2, 0) is 11.3 Å². The van der Waals surface area contributed by atoms with Crippen LogP contribution in [0.2, 0.25) is 0 Å². The summed E-state index contributed by atoms with van der Waals surface area (Å²) in [7, 11) is 0. The van der Waals surface area contributed by atoms with Gasteiger partial charge in [0.1, 0.15) is 6.54 Å². The van der Waals surface area contributed by atoms with Gasteiger partial charge in [-0.1, -0.05) is 13.8 Å². The summed E-state index contributed by atoms with van der Waals surface area (Å²) in [5, 5.41) is 11.0. The second-order valence-corrected chi connectivity index (χ2v) is 3.87. The molecule has 6 nitrogen and oxygen atoms in total. The maximum absolute atomic E-state index is 11.8. The Hall–Kier alpha value is -1.85. The van der Waals surface area contributed by atoms with Crippen LogP contribution < -0.4 is 10.9 Å². The average molecular weight is 225 g/mol. The molecule has 6 heteroatoms. The number of carboxylic acid groups (broad SMARTS) is 1. The van der Waals surface area contributed by atoms with E-state index in [9.17, 15) is 9.59 Å². The number of anilines is 1. The summed E-state index contributed by atoms with van der Waals surface area (Å²) in [6.45, 7) is 4.27. The highest BCUT2D eigenvalue weighted by Gasteiger charge is 2.06. The molecule has 0 saturated heterocycles. The fourth-order valence-corrected chi connectivity index (χ4v) is 1.27. The maximum atomic E-state index is 11.8. The minimum atomic E-state index is -1.03. The van der Waals surface area contributed by atoms with Crippen LogP contribution in [0.3, 0.4) is 0 Å². The summed E-state index contributed by atoms with van der Waals surface area (Å²) in [5.74, 6) is -0.613. The first-order chi connectivity index (χ1) is 7.50. The fraction of sp³-hybridized carbons (Fsp3) is 0.500. The van der Waals surface area contributed by atoms with E-state index in [-0.39, 0.29) is 17.9 Å². The van der Waals surface area contributed by atoms with Gasteiger partial charge in [-0.2, -0.15) is 0 Å². The number of aromatic nitrogens is 2. The molecule has 0 saturated carbocycles. The van der Waals surface area contributed by atoms with E-state index in [0.717, 1.165) is 0 Å². The van der Waals surface area contributed by atoms with Crippen molar-refractivity contribution < 1.29 is 9.90 Å². The normalized spacial score (nSPS) is 10.4. The van der Waals surface area contributed by atoms with Crippen molar-refractivity contribution >= 4 is 11.8 Å². The van der Waals surface area contributed by atoms with Crippen LogP contribution in [-0.4, -0.2) is 27.2 Å². The molecule has 2 N–H and O–H groups in total. The lowest BCUT2D eigenvalue weighted by molar-refractivity contribution is -0.134. The Balaban J connectivity index is 2.86. The van der Waals surface area contributed by atoms with Gasteiger partial charge < -0.3 is 15.0 Å². The number of carbonyl (C=O) groups is 1. The van der Waals surface area contributed by atoms with Gasteiger partial charge in [0.2, 0.25) is 0 Å². The lowest BCUT2D eigenvalue weighted by Crippen LogP contribution is -2.27. The second-order valence-electron chi connectivity index (χ2n) is 3.87. The molecule has 0 radical (unpaired) electrons. The zero-order valence-corrected chi connectivity index (χ0v) is 9.30. The molecule has 0 fully saturated rings. The van der Waals surface area contributed by atoms with Crippen LogP contribution in [0.4, 0.5) is 5.82 Å². The van der Waals surface area contributed by atoms with Crippen LogP contribution in [0.25, 0.3) is 0 Å². The summed E-state index contributed by atoms with van der Waals surface area (Å²) < 4.78 is 1.52. The van der Waals surface area contributed by atoms with E-state index in [1.165, 1.54) is 10.8 Å². The van der Waals surface area contributed by atoms with Crippen molar-refractivity contribution in [2.24, 2.45) is 5.92 Å². The van der Waals surface area contributed by atoms with Crippen molar-refractivity contribution in [2.75, 3.05) is 11.9 Å². The van der Waals surface area contributed by atoms with E-state index >= 15 is 0 Å². The van der Waals surface area contributed by atoms with Crippen molar-refractivity contribution in [3.8, 4) is 0 Å². The molecule has 16 heavy (non-hydrogen) atoms. The Labute approximate surface area is 92.9 Å². The first-order valence-corrected chi connectivity index (χ1v) is 5.02. The average Bonchev–Trinajstić information content (AvgIpc) is 2.18. The van der Waals surface area contributed by atoms with Crippen LogP contribution >= 0.6 is 0 Å². The number of rotatable bonds is 5. The van der Waals surface area contributed by atoms with Crippen LogP contribution in [0, 0.1) is 5.92 Å². The molecule has 1 aromatic heterocycles. The SMILES string of the molecule is CC(C)Cn1ccnc(NCC(=O)O)c1=O. The highest BCUT2D eigenvalue weighted by atomic mass is 16.4. The minimum absolute atomic E-state index is 0.0746. The third kappa shape index (κ3) is 3.38. The monoisotopic (exact) mass is 225 g/mol. The van der Waals surface area contributed by atoms with E-state index in [2.05, 4.69) is 10.3 Å². The van der Waals surface area contributed by atoms with Gasteiger partial charge in [-0.15, -0.1) is 0 Å². The van der Waals surface area contributed by atoms with Gasteiger partial charge in [0.15, 0.2) is 5.82 Å². The number of nitrogens with zero attached hydrogens (tertiary/aromatic N) is 2.